The van der Waals surface area contributed by atoms with Crippen molar-refractivity contribution in [2.24, 2.45) is 23.5 Å². The number of carbonyl (C=O) groups is 4. The Hall–Kier alpha value is -6.88. The third kappa shape index (κ3) is 7.99. The average Bonchev–Trinajstić information content (AvgIpc) is 4.13. The number of urea groups is 1. The van der Waals surface area contributed by atoms with Crippen molar-refractivity contribution in [1.29, 1.82) is 0 Å². The van der Waals surface area contributed by atoms with Crippen molar-refractivity contribution in [3.63, 3.8) is 0 Å². The summed E-state index contributed by atoms with van der Waals surface area (Å²) in [5.41, 5.74) is 13.3. The highest BCUT2D eigenvalue weighted by Gasteiger charge is 2.42. The number of alkyl carbamates (subject to hydrolysis) is 1. The number of likely N-dealkylation sites (tertiary alicyclic amines) is 2. The minimum atomic E-state index is -0.922. The Morgan fingerprint density at radius 2 is 1.39 bits per heavy atom. The SMILES string of the molecule is COCC1CC(c2ncc(-c3cc4c5c(c3)OCc3cc(-c6cnc(C7CC(C)CN7C(=O)C(NC(=O)OC)c7ccccc7)[nH]6)cc(c3-5)OC4)[nH]2)N(C(=O)C(NC(N)=O)C(C)C)C1. The quantitative estimate of drug-likeness (QED) is 0.0963. The maximum absolute atomic E-state index is 14.2. The summed E-state index contributed by atoms with van der Waals surface area (Å²) in [5.74, 6) is 2.45. The molecule has 6 N–H and O–H groups in total. The lowest BCUT2D eigenvalue weighted by Crippen LogP contribution is -2.52. The van der Waals surface area contributed by atoms with Crippen molar-refractivity contribution in [3.05, 3.63) is 95.3 Å². The standard InChI is InChI=1S/C47H53N9O8/c1-24(2)40(53-46(48)59)44(57)56-20-26(21-61-4)12-35(56)43-50-18-33(52-43)29-14-31-23-63-36-15-28(13-30-22-64-37(16-29)39(31)38(30)36)32-17-49-42(51-32)34-11-25(3)19-55(34)45(58)41(54-47(60)62-5)27-9-7-6-8-10-27/h6-10,13-18,24-26,34-35,40-41H,11-12,19-23H2,1-5H3,(H,49,51)(H,50,52)(H,54,60)(H3,48,53,59). The number of aromatic amines is 2. The fourth-order valence-corrected chi connectivity index (χ4v) is 9.75. The van der Waals surface area contributed by atoms with Gasteiger partial charge in [0.15, 0.2) is 0 Å². The number of H-pyrrole nitrogens is 2. The first-order valence-corrected chi connectivity index (χ1v) is 21.7. The van der Waals surface area contributed by atoms with Crippen LogP contribution in [0.4, 0.5) is 9.59 Å². The second-order valence-corrected chi connectivity index (χ2v) is 17.6. The molecule has 9 rings (SSSR count). The third-order valence-electron chi connectivity index (χ3n) is 12.8. The zero-order chi connectivity index (χ0) is 44.8. The van der Waals surface area contributed by atoms with Crippen LogP contribution < -0.4 is 25.8 Å². The summed E-state index contributed by atoms with van der Waals surface area (Å²) in [6, 6.07) is 14.2. The number of methoxy groups -OCH3 is 2. The maximum atomic E-state index is 14.2. The van der Waals surface area contributed by atoms with E-state index in [-0.39, 0.29) is 41.7 Å². The van der Waals surface area contributed by atoms with Gasteiger partial charge >= 0.3 is 12.1 Å². The first-order chi connectivity index (χ1) is 30.9. The molecule has 2 saturated heterocycles. The van der Waals surface area contributed by atoms with Crippen LogP contribution in [0.3, 0.4) is 0 Å². The van der Waals surface area contributed by atoms with E-state index in [2.05, 4.69) is 39.7 Å². The summed E-state index contributed by atoms with van der Waals surface area (Å²) >= 11 is 0. The number of aromatic nitrogens is 4. The lowest BCUT2D eigenvalue weighted by atomic mass is 9.87. The number of carbonyl (C=O) groups excluding carboxylic acids is 4. The molecule has 0 aliphatic carbocycles. The summed E-state index contributed by atoms with van der Waals surface area (Å²) < 4.78 is 23.3. The lowest BCUT2D eigenvalue weighted by Gasteiger charge is -2.30. The van der Waals surface area contributed by atoms with Gasteiger partial charge in [-0.1, -0.05) is 51.1 Å². The molecule has 6 unspecified atom stereocenters. The zero-order valence-electron chi connectivity index (χ0n) is 36.5. The van der Waals surface area contributed by atoms with E-state index < -0.39 is 24.2 Å². The Bertz CT molecular complexity index is 2540. The number of amides is 5. The molecule has 4 aliphatic rings. The second-order valence-electron chi connectivity index (χ2n) is 17.6. The third-order valence-corrected chi connectivity index (χ3v) is 12.8. The maximum Gasteiger partial charge on any atom is 0.407 e. The van der Waals surface area contributed by atoms with Gasteiger partial charge in [0.1, 0.15) is 48.4 Å². The van der Waals surface area contributed by atoms with Crippen LogP contribution in [0.2, 0.25) is 0 Å². The van der Waals surface area contributed by atoms with Crippen LogP contribution in [0.1, 0.15) is 80.1 Å². The highest BCUT2D eigenvalue weighted by Crippen LogP contribution is 2.51. The number of nitrogens with zero attached hydrogens (tertiary/aromatic N) is 4. The Labute approximate surface area is 370 Å². The van der Waals surface area contributed by atoms with E-state index in [0.29, 0.717) is 63.0 Å². The van der Waals surface area contributed by atoms with Gasteiger partial charge in [-0.3, -0.25) is 9.59 Å². The minimum Gasteiger partial charge on any atom is -0.488 e. The van der Waals surface area contributed by atoms with Crippen molar-refractivity contribution in [2.75, 3.05) is 33.9 Å². The van der Waals surface area contributed by atoms with Gasteiger partial charge in [0.05, 0.1) is 49.6 Å². The summed E-state index contributed by atoms with van der Waals surface area (Å²) in [4.78, 5) is 72.4. The van der Waals surface area contributed by atoms with E-state index in [1.165, 1.54) is 7.11 Å². The fraction of sp³-hybridized carbons (Fsp3) is 0.404. The molecular formula is C47H53N9O8. The number of ether oxygens (including phenoxy) is 4. The molecule has 64 heavy (non-hydrogen) atoms. The number of primary amides is 1. The van der Waals surface area contributed by atoms with Gasteiger partial charge in [0.2, 0.25) is 5.91 Å². The number of imidazole rings is 2. The van der Waals surface area contributed by atoms with E-state index in [9.17, 15) is 19.2 Å². The Balaban J connectivity index is 0.961. The molecule has 5 aromatic rings. The number of benzene rings is 3. The van der Waals surface area contributed by atoms with Gasteiger partial charge in [-0.15, -0.1) is 0 Å². The van der Waals surface area contributed by atoms with E-state index >= 15 is 0 Å². The summed E-state index contributed by atoms with van der Waals surface area (Å²) in [7, 11) is 2.92. The van der Waals surface area contributed by atoms with E-state index in [4.69, 9.17) is 34.6 Å². The van der Waals surface area contributed by atoms with Crippen molar-refractivity contribution < 1.29 is 38.1 Å². The van der Waals surface area contributed by atoms with Crippen LogP contribution in [0.25, 0.3) is 33.6 Å². The molecule has 2 aromatic heterocycles. The van der Waals surface area contributed by atoms with Crippen LogP contribution in [-0.2, 0) is 32.3 Å². The molecule has 3 aromatic carbocycles. The fourth-order valence-electron chi connectivity index (χ4n) is 9.75. The lowest BCUT2D eigenvalue weighted by molar-refractivity contribution is -0.136. The van der Waals surface area contributed by atoms with Gasteiger partial charge in [-0.25, -0.2) is 19.6 Å². The van der Waals surface area contributed by atoms with Crippen LogP contribution in [0, 0.1) is 17.8 Å². The predicted octanol–water partition coefficient (Wildman–Crippen LogP) is 6.15. The topological polar surface area (TPSA) is 219 Å². The Morgan fingerprint density at radius 3 is 1.94 bits per heavy atom. The average molecular weight is 872 g/mol. The van der Waals surface area contributed by atoms with Gasteiger partial charge in [0, 0.05) is 59.5 Å². The highest BCUT2D eigenvalue weighted by atomic mass is 16.5. The molecule has 6 heterocycles. The highest BCUT2D eigenvalue weighted by molar-refractivity contribution is 5.90. The molecule has 2 fully saturated rings. The normalized spacial score (nSPS) is 20.5. The van der Waals surface area contributed by atoms with Gasteiger partial charge in [-0.05, 0) is 54.5 Å². The molecular weight excluding hydrogens is 819 g/mol. The zero-order valence-corrected chi connectivity index (χ0v) is 36.5. The molecule has 4 aliphatic heterocycles. The minimum absolute atomic E-state index is 0.0892. The number of nitrogens with one attached hydrogen (secondary N) is 4. The van der Waals surface area contributed by atoms with Crippen LogP contribution in [-0.4, -0.2) is 93.6 Å². The Morgan fingerprint density at radius 1 is 0.812 bits per heavy atom. The van der Waals surface area contributed by atoms with Crippen LogP contribution >= 0.6 is 0 Å². The molecule has 0 bridgehead atoms. The molecule has 0 spiro atoms. The first kappa shape index (κ1) is 42.4. The summed E-state index contributed by atoms with van der Waals surface area (Å²) in [6.45, 7) is 7.94. The predicted molar refractivity (Wildman–Crippen MR) is 234 cm³/mol. The van der Waals surface area contributed by atoms with E-state index in [0.717, 1.165) is 56.3 Å². The van der Waals surface area contributed by atoms with Crippen LogP contribution in [0.5, 0.6) is 11.5 Å². The van der Waals surface area contributed by atoms with E-state index in [1.54, 1.807) is 29.3 Å². The van der Waals surface area contributed by atoms with E-state index in [1.807, 2.05) is 56.3 Å². The smallest absolute Gasteiger partial charge is 0.407 e. The summed E-state index contributed by atoms with van der Waals surface area (Å²) in [6.07, 6.45) is 4.22. The van der Waals surface area contributed by atoms with Gasteiger partial charge in [0.25, 0.3) is 5.91 Å². The number of rotatable bonds is 12. The monoisotopic (exact) mass is 871 g/mol. The van der Waals surface area contributed by atoms with Crippen molar-refractivity contribution in [1.82, 2.24) is 40.4 Å². The number of hydrogen-bond acceptors (Lipinski definition) is 10. The molecule has 0 radical (unpaired) electrons. The van der Waals surface area contributed by atoms with Crippen molar-refractivity contribution >= 4 is 23.9 Å². The molecule has 334 valence electrons. The van der Waals surface area contributed by atoms with Crippen molar-refractivity contribution in [3.8, 4) is 45.1 Å². The van der Waals surface area contributed by atoms with Crippen molar-refractivity contribution in [2.45, 2.75) is 71.0 Å². The second kappa shape index (κ2) is 17.4. The Kier molecular flexibility index (Phi) is 11.5. The van der Waals surface area contributed by atoms with Crippen LogP contribution in [0.15, 0.2) is 67.0 Å². The first-order valence-electron chi connectivity index (χ1n) is 21.7. The number of nitrogens with two attached hydrogens (primary N) is 1. The molecule has 5 amide bonds. The molecule has 6 atom stereocenters. The number of hydrogen-bond donors (Lipinski definition) is 5. The molecule has 17 nitrogen and oxygen atoms in total. The molecule has 17 heteroatoms. The van der Waals surface area contributed by atoms with Gasteiger partial charge in [-0.2, -0.15) is 0 Å². The summed E-state index contributed by atoms with van der Waals surface area (Å²) in [5, 5.41) is 5.36. The van der Waals surface area contributed by atoms with Gasteiger partial charge < -0.3 is 55.1 Å². The largest absolute Gasteiger partial charge is 0.488 e. The molecule has 0 saturated carbocycles.